The Balaban J connectivity index is 0.853. The Morgan fingerprint density at radius 2 is 1.18 bits per heavy atom. The van der Waals surface area contributed by atoms with Gasteiger partial charge in [0.05, 0.1) is 82.2 Å². The van der Waals surface area contributed by atoms with Crippen LogP contribution in [0.2, 0.25) is 20.1 Å². The third-order valence-electron chi connectivity index (χ3n) is 13.0. The van der Waals surface area contributed by atoms with Crippen LogP contribution in [0.1, 0.15) is 29.5 Å². The number of carbonyl (C=O) groups excluding carboxylic acids is 4. The van der Waals surface area contributed by atoms with Gasteiger partial charge in [0.15, 0.2) is 0 Å². The van der Waals surface area contributed by atoms with Crippen LogP contribution in [-0.2, 0) is 29.2 Å². The summed E-state index contributed by atoms with van der Waals surface area (Å²) in [5.41, 5.74) is 4.53. The van der Waals surface area contributed by atoms with Gasteiger partial charge in [0.25, 0.3) is 0 Å². The Morgan fingerprint density at radius 1 is 0.675 bits per heavy atom. The summed E-state index contributed by atoms with van der Waals surface area (Å²) < 4.78 is 21.9. The Hall–Kier alpha value is -9.06. The van der Waals surface area contributed by atoms with Crippen LogP contribution in [0.4, 0.5) is 72.9 Å². The molecule has 26 heteroatoms. The summed E-state index contributed by atoms with van der Waals surface area (Å²) >= 11 is 27.1. The van der Waals surface area contributed by atoms with E-state index < -0.39 is 24.2 Å². The van der Waals surface area contributed by atoms with E-state index in [9.17, 15) is 24.3 Å². The van der Waals surface area contributed by atoms with Gasteiger partial charge in [-0.05, 0) is 60.5 Å². The predicted molar refractivity (Wildman–Crippen MR) is 322 cm³/mol. The molecular weight excluding hydrogens is 1150 g/mol. The molecule has 6 amide bonds. The maximum atomic E-state index is 14.9. The first-order valence-corrected chi connectivity index (χ1v) is 26.8. The van der Waals surface area contributed by atoms with Crippen molar-refractivity contribution >= 4 is 134 Å². The van der Waals surface area contributed by atoms with E-state index in [-0.39, 0.29) is 111 Å². The van der Waals surface area contributed by atoms with Crippen LogP contribution < -0.4 is 65.1 Å². The minimum absolute atomic E-state index is 0.0385. The minimum Gasteiger partial charge on any atom is -0.495 e. The first-order chi connectivity index (χ1) is 40.0. The first-order valence-electron chi connectivity index (χ1n) is 25.3. The number of fused-ring (bicyclic) bond motifs is 2. The highest BCUT2D eigenvalue weighted by Gasteiger charge is 2.38. The van der Waals surface area contributed by atoms with Crippen molar-refractivity contribution in [2.24, 2.45) is 0 Å². The molecule has 0 saturated carbocycles. The SMILES string of the molecule is C=CC(=O)Nc1ccccc1Nc1ncc2c(n1)N(Cc1cccc(NC(=O)CC/C=C/C(O)Nc3ccccc3Nc3ncc4c(n3)N(C)C(=O)N(c3c(Cl)c(OC)cc(OC)c3Cl)C4)c1)C(=O)N(c1c(Cl)c(OC)cc(OC)c1Cl)C2. The van der Waals surface area contributed by atoms with Crippen molar-refractivity contribution in [2.75, 3.05) is 81.7 Å². The van der Waals surface area contributed by atoms with Gasteiger partial charge in [0.1, 0.15) is 61.0 Å². The number of urea groups is 2. The van der Waals surface area contributed by atoms with E-state index in [1.165, 1.54) is 66.2 Å². The van der Waals surface area contributed by atoms with Gasteiger partial charge in [-0.1, -0.05) is 95.5 Å². The summed E-state index contributed by atoms with van der Waals surface area (Å²) in [6.45, 7) is 3.50. The van der Waals surface area contributed by atoms with E-state index in [1.807, 2.05) is 0 Å². The van der Waals surface area contributed by atoms with E-state index in [0.717, 1.165) is 6.08 Å². The zero-order valence-electron chi connectivity index (χ0n) is 45.1. The predicted octanol–water partition coefficient (Wildman–Crippen LogP) is 12.0. The van der Waals surface area contributed by atoms with Crippen LogP contribution in [0.3, 0.4) is 0 Å². The normalized spacial score (nSPS) is 13.2. The van der Waals surface area contributed by atoms with Gasteiger partial charge < -0.3 is 50.6 Å². The molecule has 2 aromatic heterocycles. The Labute approximate surface area is 496 Å². The highest BCUT2D eigenvalue weighted by Crippen LogP contribution is 2.50. The molecule has 22 nitrogen and oxygen atoms in total. The molecule has 2 aliphatic rings. The quantitative estimate of drug-likeness (QED) is 0.0222. The number of allylic oxidation sites excluding steroid dienone is 1. The number of nitrogens with zero attached hydrogens (tertiary/aromatic N) is 8. The Bertz CT molecular complexity index is 3650. The molecule has 1 atom stereocenters. The lowest BCUT2D eigenvalue weighted by atomic mass is 10.1. The van der Waals surface area contributed by atoms with Crippen LogP contribution in [0, 0.1) is 0 Å². The molecule has 0 aliphatic carbocycles. The van der Waals surface area contributed by atoms with Crippen LogP contribution >= 0.6 is 46.4 Å². The van der Waals surface area contributed by atoms with Crippen molar-refractivity contribution in [3.63, 3.8) is 0 Å². The third kappa shape index (κ3) is 12.7. The number of amides is 6. The second-order valence-corrected chi connectivity index (χ2v) is 19.8. The molecule has 9 rings (SSSR count). The number of methoxy groups -OCH3 is 4. The van der Waals surface area contributed by atoms with Crippen LogP contribution in [-0.4, -0.2) is 90.6 Å². The number of rotatable bonds is 21. The van der Waals surface area contributed by atoms with E-state index in [2.05, 4.69) is 48.1 Å². The lowest BCUT2D eigenvalue weighted by Crippen LogP contribution is -2.48. The molecule has 4 heterocycles. The number of halogens is 4. The zero-order valence-corrected chi connectivity index (χ0v) is 48.1. The number of hydrogen-bond acceptors (Lipinski definition) is 16. The summed E-state index contributed by atoms with van der Waals surface area (Å²) in [4.78, 5) is 78.4. The molecule has 5 aromatic carbocycles. The standard InChI is InChI=1S/C57H53Cl4N13O9/c1-7-43(75)65-35-17-8-10-19-37(35)68-55-63-27-33-30-73(51-48(60)41(82-5)25-42(83-6)49(51)61)57(79)74(53(33)70-55)28-31-15-14-16-34(23-31)64-44(76)21-12-13-22-45(77)66-36-18-9-11-20-38(36)67-54-62-26-32-29-72(56(78)71(2)52(32)69-54)50-46(58)39(80-3)24-40(81-4)47(50)59/h7-11,13-20,22-27,45,66,77H,1,12,21,28-30H2,2-6H3,(H,64,76)(H,65,75)(H,62,67,69)(H,63,68,70)/b22-13+. The van der Waals surface area contributed by atoms with Gasteiger partial charge in [-0.15, -0.1) is 0 Å². The van der Waals surface area contributed by atoms with Crippen molar-refractivity contribution in [1.82, 2.24) is 19.9 Å². The molecule has 0 radical (unpaired) electrons. The number of ether oxygens (including phenoxy) is 4. The molecule has 0 bridgehead atoms. The number of benzene rings is 5. The van der Waals surface area contributed by atoms with Gasteiger partial charge in [0, 0.05) is 54.8 Å². The molecule has 6 N–H and O–H groups in total. The van der Waals surface area contributed by atoms with Gasteiger partial charge in [-0.2, -0.15) is 9.97 Å². The summed E-state index contributed by atoms with van der Waals surface area (Å²) in [5, 5.41) is 26.5. The van der Waals surface area contributed by atoms with Crippen molar-refractivity contribution in [1.29, 1.82) is 0 Å². The molecule has 2 aliphatic heterocycles. The maximum absolute atomic E-state index is 14.9. The second-order valence-electron chi connectivity index (χ2n) is 18.3. The van der Waals surface area contributed by atoms with Crippen LogP contribution in [0.5, 0.6) is 23.0 Å². The van der Waals surface area contributed by atoms with Crippen molar-refractivity contribution in [3.05, 3.63) is 159 Å². The fourth-order valence-corrected chi connectivity index (χ4v) is 10.4. The smallest absolute Gasteiger partial charge is 0.330 e. The van der Waals surface area contributed by atoms with E-state index in [0.29, 0.717) is 50.9 Å². The second kappa shape index (κ2) is 25.8. The van der Waals surface area contributed by atoms with Gasteiger partial charge in [-0.3, -0.25) is 29.2 Å². The minimum atomic E-state index is -1.17. The Kier molecular flexibility index (Phi) is 18.2. The number of nitrogens with one attached hydrogen (secondary N) is 5. The van der Waals surface area contributed by atoms with Crippen molar-refractivity contribution < 1.29 is 43.2 Å². The largest absolute Gasteiger partial charge is 0.495 e. The number of carbonyl (C=O) groups is 4. The fraction of sp³-hybridized carbons (Fsp3) is 0.193. The van der Waals surface area contributed by atoms with Gasteiger partial charge in [0.2, 0.25) is 23.7 Å². The first kappa shape index (κ1) is 58.6. The average molecular weight is 1210 g/mol. The fourth-order valence-electron chi connectivity index (χ4n) is 9.00. The molecule has 83 heavy (non-hydrogen) atoms. The molecule has 428 valence electrons. The monoisotopic (exact) mass is 1200 g/mol. The molecule has 0 fully saturated rings. The number of hydrogen-bond donors (Lipinski definition) is 6. The lowest BCUT2D eigenvalue weighted by molar-refractivity contribution is -0.116. The molecule has 0 saturated heterocycles. The summed E-state index contributed by atoms with van der Waals surface area (Å²) in [6, 6.07) is 23.1. The average Bonchev–Trinajstić information content (AvgIpc) is 1.93. The topological polar surface area (TPSA) is 250 Å². The number of aliphatic hydroxyl groups excluding tert-OH is 1. The Morgan fingerprint density at radius 3 is 1.73 bits per heavy atom. The van der Waals surface area contributed by atoms with Crippen molar-refractivity contribution in [3.8, 4) is 23.0 Å². The van der Waals surface area contributed by atoms with Crippen LogP contribution in [0.15, 0.2) is 122 Å². The summed E-state index contributed by atoms with van der Waals surface area (Å²) in [7, 11) is 7.32. The summed E-state index contributed by atoms with van der Waals surface area (Å²) in [6.07, 6.45) is 6.68. The summed E-state index contributed by atoms with van der Waals surface area (Å²) in [5.74, 6) is 1.20. The molecule has 7 aromatic rings. The van der Waals surface area contributed by atoms with Crippen LogP contribution in [0.25, 0.3) is 0 Å². The highest BCUT2D eigenvalue weighted by molar-refractivity contribution is 6.43. The number of anilines is 11. The van der Waals surface area contributed by atoms with Gasteiger partial charge >= 0.3 is 12.1 Å². The molecular formula is C57H53Cl4N13O9. The van der Waals surface area contributed by atoms with Crippen molar-refractivity contribution in [2.45, 2.75) is 38.7 Å². The zero-order chi connectivity index (χ0) is 59.1. The van der Waals surface area contributed by atoms with E-state index in [1.54, 1.807) is 98.3 Å². The third-order valence-corrected chi connectivity index (χ3v) is 14.5. The molecule has 1 unspecified atom stereocenters. The number of aliphatic hydroxyl groups is 1. The highest BCUT2D eigenvalue weighted by atomic mass is 35.5. The van der Waals surface area contributed by atoms with Gasteiger partial charge in [-0.25, -0.2) is 19.6 Å². The van der Waals surface area contributed by atoms with E-state index >= 15 is 0 Å². The number of aromatic nitrogens is 4. The molecule has 0 spiro atoms. The maximum Gasteiger partial charge on any atom is 0.330 e. The number of para-hydroxylation sites is 4. The van der Waals surface area contributed by atoms with E-state index in [4.69, 9.17) is 70.3 Å². The lowest BCUT2D eigenvalue weighted by Gasteiger charge is -2.37.